The van der Waals surface area contributed by atoms with Gasteiger partial charge in [0.1, 0.15) is 17.9 Å². The number of benzene rings is 1. The summed E-state index contributed by atoms with van der Waals surface area (Å²) in [7, 11) is 0. The maximum absolute atomic E-state index is 8.68. The second-order valence-corrected chi connectivity index (χ2v) is 4.21. The van der Waals surface area contributed by atoms with Crippen molar-refractivity contribution in [3.8, 4) is 11.8 Å². The van der Waals surface area contributed by atoms with Crippen LogP contribution in [0.25, 0.3) is 15.9 Å². The number of thiazole rings is 1. The average molecular weight is 242 g/mol. The molecule has 0 spiro atoms. The Balaban J connectivity index is 2.23. The van der Waals surface area contributed by atoms with E-state index < -0.39 is 0 Å². The van der Waals surface area contributed by atoms with E-state index in [2.05, 4.69) is 15.1 Å². The first kappa shape index (κ1) is 9.74. The molecule has 0 aliphatic heterocycles. The van der Waals surface area contributed by atoms with Crippen LogP contribution in [0.4, 0.5) is 5.69 Å². The Bertz CT molecular complexity index is 735. The molecular formula is C10H6N6S. The van der Waals surface area contributed by atoms with Crippen molar-refractivity contribution in [1.29, 1.82) is 5.26 Å². The quantitative estimate of drug-likeness (QED) is 0.650. The molecule has 2 aromatic heterocycles. The highest BCUT2D eigenvalue weighted by molar-refractivity contribution is 7.16. The molecule has 3 aromatic rings. The predicted octanol–water partition coefficient (Wildman–Crippen LogP) is 1.33. The summed E-state index contributed by atoms with van der Waals surface area (Å²) < 4.78 is 2.50. The molecule has 0 fully saturated rings. The molecule has 0 aliphatic rings. The lowest BCUT2D eigenvalue weighted by Gasteiger charge is -2.04. The Morgan fingerprint density at radius 3 is 3.00 bits per heavy atom. The van der Waals surface area contributed by atoms with Gasteiger partial charge in [-0.2, -0.15) is 5.26 Å². The second-order valence-electron chi connectivity index (χ2n) is 3.32. The van der Waals surface area contributed by atoms with Gasteiger partial charge in [0.15, 0.2) is 0 Å². The zero-order chi connectivity index (χ0) is 11.8. The van der Waals surface area contributed by atoms with E-state index >= 15 is 0 Å². The molecule has 0 saturated heterocycles. The first-order chi connectivity index (χ1) is 8.29. The summed E-state index contributed by atoms with van der Waals surface area (Å²) in [6.07, 6.45) is 1.46. The Morgan fingerprint density at radius 1 is 1.35 bits per heavy atom. The minimum absolute atomic E-state index is 0.114. The third-order valence-electron chi connectivity index (χ3n) is 2.36. The van der Waals surface area contributed by atoms with Crippen LogP contribution < -0.4 is 5.73 Å². The molecule has 7 heteroatoms. The van der Waals surface area contributed by atoms with Crippen molar-refractivity contribution in [3.63, 3.8) is 0 Å². The minimum Gasteiger partial charge on any atom is -0.395 e. The van der Waals surface area contributed by atoms with Crippen molar-refractivity contribution in [2.75, 3.05) is 5.73 Å². The van der Waals surface area contributed by atoms with Crippen LogP contribution in [-0.4, -0.2) is 19.7 Å². The molecule has 6 nitrogen and oxygen atoms in total. The van der Waals surface area contributed by atoms with Gasteiger partial charge in [0.2, 0.25) is 0 Å². The van der Waals surface area contributed by atoms with E-state index in [1.165, 1.54) is 22.3 Å². The molecule has 0 amide bonds. The highest BCUT2D eigenvalue weighted by atomic mass is 32.1. The molecule has 0 atom stereocenters. The molecule has 2 N–H and O–H groups in total. The van der Waals surface area contributed by atoms with Crippen LogP contribution in [-0.2, 0) is 0 Å². The van der Waals surface area contributed by atoms with Crippen LogP contribution in [0.2, 0.25) is 0 Å². The van der Waals surface area contributed by atoms with Crippen molar-refractivity contribution < 1.29 is 0 Å². The van der Waals surface area contributed by atoms with Crippen molar-refractivity contribution in [2.45, 2.75) is 0 Å². The van der Waals surface area contributed by atoms with Crippen molar-refractivity contribution in [1.82, 2.24) is 19.7 Å². The van der Waals surface area contributed by atoms with Gasteiger partial charge in [0.05, 0.1) is 21.6 Å². The predicted molar refractivity (Wildman–Crippen MR) is 63.7 cm³/mol. The highest BCUT2D eigenvalue weighted by Gasteiger charge is 2.10. The van der Waals surface area contributed by atoms with E-state index in [0.29, 0.717) is 11.4 Å². The van der Waals surface area contributed by atoms with Gasteiger partial charge >= 0.3 is 0 Å². The van der Waals surface area contributed by atoms with Crippen molar-refractivity contribution in [2.24, 2.45) is 0 Å². The number of nitrogens with zero attached hydrogens (tertiary/aromatic N) is 5. The number of nitrogen functional groups attached to an aromatic ring is 1. The summed E-state index contributed by atoms with van der Waals surface area (Å²) >= 11 is 1.53. The maximum atomic E-state index is 8.68. The molecule has 0 saturated carbocycles. The fraction of sp³-hybridized carbons (Fsp3) is 0. The number of fused-ring (bicyclic) bond motifs is 1. The number of rotatable bonds is 1. The summed E-state index contributed by atoms with van der Waals surface area (Å²) in [6, 6.07) is 5.63. The van der Waals surface area contributed by atoms with E-state index in [-0.39, 0.29) is 5.82 Å². The maximum Gasteiger partial charge on any atom is 0.252 e. The molecule has 0 aliphatic carbocycles. The number of anilines is 1. The monoisotopic (exact) mass is 242 g/mol. The van der Waals surface area contributed by atoms with Gasteiger partial charge in [-0.25, -0.2) is 14.6 Å². The van der Waals surface area contributed by atoms with E-state index in [9.17, 15) is 0 Å². The largest absolute Gasteiger partial charge is 0.395 e. The van der Waals surface area contributed by atoms with Crippen LogP contribution in [0.15, 0.2) is 24.0 Å². The Morgan fingerprint density at radius 2 is 2.24 bits per heavy atom. The molecule has 2 heterocycles. The zero-order valence-corrected chi connectivity index (χ0v) is 9.35. The van der Waals surface area contributed by atoms with Crippen LogP contribution >= 0.6 is 11.3 Å². The summed E-state index contributed by atoms with van der Waals surface area (Å²) in [5.74, 6) is 0.114. The molecular weight excluding hydrogens is 236 g/mol. The lowest BCUT2D eigenvalue weighted by Crippen LogP contribution is -2.01. The third kappa shape index (κ3) is 1.43. The van der Waals surface area contributed by atoms with Gasteiger partial charge in [-0.05, 0) is 12.1 Å². The molecule has 0 bridgehead atoms. The number of nitriles is 1. The zero-order valence-electron chi connectivity index (χ0n) is 8.53. The first-order valence-corrected chi connectivity index (χ1v) is 5.61. The van der Waals surface area contributed by atoms with E-state index in [0.717, 1.165) is 10.2 Å². The van der Waals surface area contributed by atoms with E-state index in [1.54, 1.807) is 5.51 Å². The van der Waals surface area contributed by atoms with E-state index in [1.807, 2.05) is 18.2 Å². The van der Waals surface area contributed by atoms with Crippen LogP contribution in [0.5, 0.6) is 0 Å². The van der Waals surface area contributed by atoms with Gasteiger partial charge in [-0.15, -0.1) is 16.4 Å². The highest BCUT2D eigenvalue weighted by Crippen LogP contribution is 2.28. The van der Waals surface area contributed by atoms with Gasteiger partial charge in [0.25, 0.3) is 5.82 Å². The standard InChI is InChI=1S/C10H6N6S/c11-3-8-13-4-16(15-8)6-1-2-7-10(9(6)12)14-5-17-7/h1-2,4-5H,12H2. The molecule has 0 unspecified atom stereocenters. The number of nitrogens with two attached hydrogens (primary N) is 1. The molecule has 0 radical (unpaired) electrons. The van der Waals surface area contributed by atoms with Gasteiger partial charge in [-0.3, -0.25) is 0 Å². The lowest BCUT2D eigenvalue weighted by atomic mass is 10.2. The SMILES string of the molecule is N#Cc1ncn(-c2ccc3scnc3c2N)n1. The Hall–Kier alpha value is -2.46. The number of aromatic nitrogens is 4. The Labute approximate surface area is 100.0 Å². The van der Waals surface area contributed by atoms with Gasteiger partial charge < -0.3 is 5.73 Å². The smallest absolute Gasteiger partial charge is 0.252 e. The number of hydrogen-bond donors (Lipinski definition) is 1. The topological polar surface area (TPSA) is 93.4 Å². The third-order valence-corrected chi connectivity index (χ3v) is 3.15. The molecule has 3 rings (SSSR count). The van der Waals surface area contributed by atoms with Gasteiger partial charge in [0, 0.05) is 0 Å². The van der Waals surface area contributed by atoms with E-state index in [4.69, 9.17) is 11.0 Å². The molecule has 1 aromatic carbocycles. The molecule has 82 valence electrons. The molecule has 17 heavy (non-hydrogen) atoms. The number of hydrogen-bond acceptors (Lipinski definition) is 6. The lowest BCUT2D eigenvalue weighted by molar-refractivity contribution is 0.876. The van der Waals surface area contributed by atoms with Crippen molar-refractivity contribution in [3.05, 3.63) is 29.8 Å². The van der Waals surface area contributed by atoms with Crippen LogP contribution in [0, 0.1) is 11.3 Å². The average Bonchev–Trinajstić information content (AvgIpc) is 2.97. The van der Waals surface area contributed by atoms with Gasteiger partial charge in [-0.1, -0.05) is 0 Å². The van der Waals surface area contributed by atoms with Crippen molar-refractivity contribution >= 4 is 27.2 Å². The summed E-state index contributed by atoms with van der Waals surface area (Å²) in [5, 5.41) is 12.7. The first-order valence-electron chi connectivity index (χ1n) is 4.73. The fourth-order valence-corrected chi connectivity index (χ4v) is 2.26. The normalized spacial score (nSPS) is 10.5. The Kier molecular flexibility index (Phi) is 2.03. The van der Waals surface area contributed by atoms with Crippen LogP contribution in [0.1, 0.15) is 5.82 Å². The van der Waals surface area contributed by atoms with Crippen LogP contribution in [0.3, 0.4) is 0 Å². The second kappa shape index (κ2) is 3.54. The summed E-state index contributed by atoms with van der Waals surface area (Å²) in [5.41, 5.74) is 9.73. The summed E-state index contributed by atoms with van der Waals surface area (Å²) in [6.45, 7) is 0. The minimum atomic E-state index is 0.114. The fourth-order valence-electron chi connectivity index (χ4n) is 1.57. The summed E-state index contributed by atoms with van der Waals surface area (Å²) in [4.78, 5) is 8.04.